The molecule has 0 aliphatic heterocycles. The molecule has 0 spiro atoms. The third-order valence-electron chi connectivity index (χ3n) is 4.45. The van der Waals surface area contributed by atoms with Crippen molar-refractivity contribution in [3.05, 3.63) is 51.3 Å². The third-order valence-corrected chi connectivity index (χ3v) is 5.28. The predicted molar refractivity (Wildman–Crippen MR) is 109 cm³/mol. The SMILES string of the molecule is CCCCCCn1c(=O)c(C(=O)Nc2ncc(C)s2)c(O)c2ccccc21. The van der Waals surface area contributed by atoms with Gasteiger partial charge in [-0.15, -0.1) is 11.3 Å². The summed E-state index contributed by atoms with van der Waals surface area (Å²) in [4.78, 5) is 30.8. The number of carbonyl (C=O) groups is 1. The average molecular weight is 385 g/mol. The van der Waals surface area contributed by atoms with Crippen molar-refractivity contribution in [2.75, 3.05) is 5.32 Å². The van der Waals surface area contributed by atoms with Crippen LogP contribution in [0.25, 0.3) is 10.9 Å². The standard InChI is InChI=1S/C20H23N3O3S/c1-3-4-5-8-11-23-15-10-7-6-9-14(15)17(24)16(19(23)26)18(25)22-20-21-12-13(2)27-20/h6-7,9-10,12,24H,3-5,8,11H2,1-2H3,(H,21,22,25). The fraction of sp³-hybridized carbons (Fsp3) is 0.350. The molecule has 3 rings (SSSR count). The van der Waals surface area contributed by atoms with E-state index >= 15 is 0 Å². The van der Waals surface area contributed by atoms with E-state index in [1.165, 1.54) is 11.3 Å². The molecule has 0 saturated heterocycles. The van der Waals surface area contributed by atoms with Crippen LogP contribution in [-0.2, 0) is 6.54 Å². The number of amides is 1. The van der Waals surface area contributed by atoms with Crippen molar-refractivity contribution in [1.29, 1.82) is 0 Å². The van der Waals surface area contributed by atoms with E-state index in [-0.39, 0.29) is 11.3 Å². The molecule has 142 valence electrons. The zero-order chi connectivity index (χ0) is 19.4. The second-order valence-corrected chi connectivity index (χ2v) is 7.72. The Morgan fingerprint density at radius 3 is 2.74 bits per heavy atom. The van der Waals surface area contributed by atoms with Crippen LogP contribution in [0.2, 0.25) is 0 Å². The van der Waals surface area contributed by atoms with Crippen LogP contribution in [0, 0.1) is 6.92 Å². The summed E-state index contributed by atoms with van der Waals surface area (Å²) in [5.74, 6) is -0.925. The summed E-state index contributed by atoms with van der Waals surface area (Å²) in [6.45, 7) is 4.52. The van der Waals surface area contributed by atoms with Crippen LogP contribution in [0.15, 0.2) is 35.3 Å². The van der Waals surface area contributed by atoms with Crippen molar-refractivity contribution >= 4 is 33.3 Å². The summed E-state index contributed by atoms with van der Waals surface area (Å²) < 4.78 is 1.59. The Hall–Kier alpha value is -2.67. The number of carbonyl (C=O) groups excluding carboxylic acids is 1. The van der Waals surface area contributed by atoms with E-state index in [9.17, 15) is 14.7 Å². The van der Waals surface area contributed by atoms with Gasteiger partial charge in [-0.1, -0.05) is 38.3 Å². The summed E-state index contributed by atoms with van der Waals surface area (Å²) >= 11 is 1.32. The lowest BCUT2D eigenvalue weighted by Crippen LogP contribution is -2.30. The summed E-state index contributed by atoms with van der Waals surface area (Å²) in [6, 6.07) is 7.11. The highest BCUT2D eigenvalue weighted by Gasteiger charge is 2.22. The molecule has 2 N–H and O–H groups in total. The van der Waals surface area contributed by atoms with Gasteiger partial charge in [0.25, 0.3) is 11.5 Å². The molecular weight excluding hydrogens is 362 g/mol. The molecule has 0 unspecified atom stereocenters. The molecule has 27 heavy (non-hydrogen) atoms. The minimum Gasteiger partial charge on any atom is -0.506 e. The fourth-order valence-electron chi connectivity index (χ4n) is 3.09. The molecule has 0 aliphatic carbocycles. The van der Waals surface area contributed by atoms with E-state index < -0.39 is 11.5 Å². The lowest BCUT2D eigenvalue weighted by atomic mass is 10.1. The quantitative estimate of drug-likeness (QED) is 0.594. The first-order valence-electron chi connectivity index (χ1n) is 9.11. The minimum absolute atomic E-state index is 0.239. The van der Waals surface area contributed by atoms with Gasteiger partial charge < -0.3 is 9.67 Å². The van der Waals surface area contributed by atoms with Crippen molar-refractivity contribution < 1.29 is 9.90 Å². The lowest BCUT2D eigenvalue weighted by molar-refractivity contribution is 0.102. The van der Waals surface area contributed by atoms with Crippen LogP contribution in [0.4, 0.5) is 5.13 Å². The second-order valence-electron chi connectivity index (χ2n) is 6.49. The molecule has 0 saturated carbocycles. The van der Waals surface area contributed by atoms with Gasteiger partial charge in [-0.3, -0.25) is 14.9 Å². The van der Waals surface area contributed by atoms with Gasteiger partial charge in [0, 0.05) is 23.0 Å². The Morgan fingerprint density at radius 2 is 2.04 bits per heavy atom. The number of aromatic nitrogens is 2. The Morgan fingerprint density at radius 1 is 1.26 bits per heavy atom. The first-order valence-corrected chi connectivity index (χ1v) is 9.92. The second kappa shape index (κ2) is 8.35. The van der Waals surface area contributed by atoms with Crippen LogP contribution in [0.3, 0.4) is 0 Å². The lowest BCUT2D eigenvalue weighted by Gasteiger charge is -2.14. The van der Waals surface area contributed by atoms with Crippen LogP contribution >= 0.6 is 11.3 Å². The molecule has 3 aromatic rings. The number of para-hydroxylation sites is 1. The summed E-state index contributed by atoms with van der Waals surface area (Å²) in [6.07, 6.45) is 5.70. The van der Waals surface area contributed by atoms with Gasteiger partial charge in [0.1, 0.15) is 11.3 Å². The Bertz CT molecular complexity index is 1020. The number of aryl methyl sites for hydroxylation is 2. The number of rotatable bonds is 7. The summed E-state index contributed by atoms with van der Waals surface area (Å²) in [5, 5.41) is 14.1. The number of hydrogen-bond acceptors (Lipinski definition) is 5. The van der Waals surface area contributed by atoms with Gasteiger partial charge in [0.05, 0.1) is 5.52 Å². The van der Waals surface area contributed by atoms with Crippen LogP contribution < -0.4 is 10.9 Å². The van der Waals surface area contributed by atoms with E-state index in [0.29, 0.717) is 22.6 Å². The zero-order valence-corrected chi connectivity index (χ0v) is 16.3. The number of nitrogens with one attached hydrogen (secondary N) is 1. The van der Waals surface area contributed by atoms with E-state index in [2.05, 4.69) is 17.2 Å². The largest absolute Gasteiger partial charge is 0.506 e. The topological polar surface area (TPSA) is 84.2 Å². The molecule has 0 atom stereocenters. The van der Waals surface area contributed by atoms with E-state index in [0.717, 1.165) is 30.6 Å². The van der Waals surface area contributed by atoms with Gasteiger partial charge in [-0.2, -0.15) is 0 Å². The highest BCUT2D eigenvalue weighted by molar-refractivity contribution is 7.15. The van der Waals surface area contributed by atoms with Crippen molar-refractivity contribution in [2.24, 2.45) is 0 Å². The van der Waals surface area contributed by atoms with Crippen molar-refractivity contribution in [3.63, 3.8) is 0 Å². The van der Waals surface area contributed by atoms with Crippen LogP contribution in [-0.4, -0.2) is 20.6 Å². The highest BCUT2D eigenvalue weighted by atomic mass is 32.1. The molecule has 7 heteroatoms. The number of benzene rings is 1. The Kier molecular flexibility index (Phi) is 5.91. The molecule has 0 radical (unpaired) electrons. The predicted octanol–water partition coefficient (Wildman–Crippen LogP) is 4.30. The maximum Gasteiger partial charge on any atom is 0.267 e. The first-order chi connectivity index (χ1) is 13.0. The van der Waals surface area contributed by atoms with Crippen LogP contribution in [0.1, 0.15) is 47.8 Å². The molecule has 6 nitrogen and oxygen atoms in total. The molecule has 2 aromatic heterocycles. The van der Waals surface area contributed by atoms with Crippen LogP contribution in [0.5, 0.6) is 5.75 Å². The molecule has 1 aromatic carbocycles. The van der Waals surface area contributed by atoms with Gasteiger partial charge in [0.2, 0.25) is 0 Å². The van der Waals surface area contributed by atoms with Crippen molar-refractivity contribution in [2.45, 2.75) is 46.1 Å². The van der Waals surface area contributed by atoms with Crippen molar-refractivity contribution in [1.82, 2.24) is 9.55 Å². The number of anilines is 1. The summed E-state index contributed by atoms with van der Waals surface area (Å²) in [7, 11) is 0. The minimum atomic E-state index is -0.639. The Balaban J connectivity index is 2.03. The number of unbranched alkanes of at least 4 members (excludes halogenated alkanes) is 3. The third kappa shape index (κ3) is 4.03. The maximum absolute atomic E-state index is 13.0. The highest BCUT2D eigenvalue weighted by Crippen LogP contribution is 2.27. The van der Waals surface area contributed by atoms with E-state index in [1.807, 2.05) is 13.0 Å². The van der Waals surface area contributed by atoms with Gasteiger partial charge in [0.15, 0.2) is 5.13 Å². The normalized spacial score (nSPS) is 11.0. The smallest absolute Gasteiger partial charge is 0.267 e. The molecule has 0 aliphatic rings. The number of fused-ring (bicyclic) bond motifs is 1. The monoisotopic (exact) mass is 385 g/mol. The molecular formula is C20H23N3O3S. The van der Waals surface area contributed by atoms with Gasteiger partial charge >= 0.3 is 0 Å². The molecule has 0 fully saturated rings. The van der Waals surface area contributed by atoms with E-state index in [1.54, 1.807) is 29.0 Å². The summed E-state index contributed by atoms with van der Waals surface area (Å²) in [5.41, 5.74) is -0.0799. The number of nitrogens with zero attached hydrogens (tertiary/aromatic N) is 2. The fourth-order valence-corrected chi connectivity index (χ4v) is 3.74. The maximum atomic E-state index is 13.0. The van der Waals surface area contributed by atoms with Gasteiger partial charge in [-0.25, -0.2) is 4.98 Å². The van der Waals surface area contributed by atoms with Crippen molar-refractivity contribution in [3.8, 4) is 5.75 Å². The number of hydrogen-bond donors (Lipinski definition) is 2. The molecule has 1 amide bonds. The molecule has 0 bridgehead atoms. The number of pyridine rings is 1. The van der Waals surface area contributed by atoms with E-state index in [4.69, 9.17) is 0 Å². The number of aromatic hydroxyl groups is 1. The first kappa shape index (κ1) is 19.1. The number of thiazole rings is 1. The van der Waals surface area contributed by atoms with Gasteiger partial charge in [-0.05, 0) is 25.5 Å². The zero-order valence-electron chi connectivity index (χ0n) is 15.5. The average Bonchev–Trinajstić information content (AvgIpc) is 3.06. The molecule has 2 heterocycles. The Labute approximate surface area is 161 Å².